The van der Waals surface area contributed by atoms with Gasteiger partial charge in [-0.2, -0.15) is 11.8 Å². The van der Waals surface area contributed by atoms with Gasteiger partial charge in [-0.1, -0.05) is 30.3 Å². The molecule has 132 valence electrons. The van der Waals surface area contributed by atoms with E-state index in [1.807, 2.05) is 22.7 Å². The van der Waals surface area contributed by atoms with E-state index < -0.39 is 0 Å². The lowest BCUT2D eigenvalue weighted by Crippen LogP contribution is -2.44. The van der Waals surface area contributed by atoms with Crippen LogP contribution >= 0.6 is 11.8 Å². The van der Waals surface area contributed by atoms with E-state index >= 15 is 0 Å². The monoisotopic (exact) mass is 348 g/mol. The molecule has 0 aromatic heterocycles. The minimum atomic E-state index is 0.0366. The summed E-state index contributed by atoms with van der Waals surface area (Å²) < 4.78 is 5.86. The van der Waals surface area contributed by atoms with Crippen molar-refractivity contribution in [3.8, 4) is 0 Å². The van der Waals surface area contributed by atoms with Crippen LogP contribution in [0.5, 0.6) is 0 Å². The molecule has 2 heterocycles. The molecule has 0 bridgehead atoms. The van der Waals surface area contributed by atoms with Gasteiger partial charge in [-0.05, 0) is 29.9 Å². The molecule has 0 N–H and O–H groups in total. The first-order valence-electron chi connectivity index (χ1n) is 8.89. The fraction of sp³-hybridized carbons (Fsp3) is 0.632. The van der Waals surface area contributed by atoms with Crippen molar-refractivity contribution in [1.82, 2.24) is 9.80 Å². The average Bonchev–Trinajstić information content (AvgIpc) is 3.05. The van der Waals surface area contributed by atoms with Crippen LogP contribution < -0.4 is 0 Å². The highest BCUT2D eigenvalue weighted by atomic mass is 32.2. The van der Waals surface area contributed by atoms with Crippen LogP contribution in [0.4, 0.5) is 0 Å². The zero-order chi connectivity index (χ0) is 16.8. The summed E-state index contributed by atoms with van der Waals surface area (Å²) in [4.78, 5) is 17.0. The number of morpholine rings is 1. The lowest BCUT2D eigenvalue weighted by molar-refractivity contribution is -0.135. The molecule has 0 radical (unpaired) electrons. The smallest absolute Gasteiger partial charge is 0.225 e. The van der Waals surface area contributed by atoms with Gasteiger partial charge in [0.25, 0.3) is 0 Å². The third-order valence-electron chi connectivity index (χ3n) is 4.92. The summed E-state index contributed by atoms with van der Waals surface area (Å²) >= 11 is 1.88. The zero-order valence-corrected chi connectivity index (χ0v) is 15.3. The molecular weight excluding hydrogens is 320 g/mol. The quantitative estimate of drug-likeness (QED) is 0.791. The van der Waals surface area contributed by atoms with Crippen molar-refractivity contribution in [2.75, 3.05) is 44.8 Å². The normalized spacial score (nSPS) is 25.1. The Labute approximate surface area is 149 Å². The van der Waals surface area contributed by atoms with Crippen LogP contribution in [0.3, 0.4) is 0 Å². The van der Waals surface area contributed by atoms with Gasteiger partial charge in [0.2, 0.25) is 5.91 Å². The number of nitrogens with zero attached hydrogens (tertiary/aromatic N) is 2. The molecule has 2 aliphatic rings. The van der Waals surface area contributed by atoms with Gasteiger partial charge in [0, 0.05) is 32.7 Å². The fourth-order valence-electron chi connectivity index (χ4n) is 3.64. The Kier molecular flexibility index (Phi) is 6.58. The standard InChI is InChI=1S/C19H28N2O2S/c1-24-15-17-7-8-21(13-17)19(22)11-18-14-20(9-10-23-18)12-16-5-3-2-4-6-16/h2-6,17-18H,7-15H2,1H3/t17-,18-/m0/s1. The predicted octanol–water partition coefficient (Wildman–Crippen LogP) is 2.49. The highest BCUT2D eigenvalue weighted by molar-refractivity contribution is 7.98. The van der Waals surface area contributed by atoms with E-state index in [1.165, 1.54) is 5.56 Å². The molecular formula is C19H28N2O2S. The lowest BCUT2D eigenvalue weighted by atomic mass is 10.1. The van der Waals surface area contributed by atoms with Gasteiger partial charge in [-0.3, -0.25) is 9.69 Å². The van der Waals surface area contributed by atoms with Crippen molar-refractivity contribution in [3.05, 3.63) is 35.9 Å². The zero-order valence-electron chi connectivity index (χ0n) is 14.5. The Hall–Kier alpha value is -1.04. The lowest BCUT2D eigenvalue weighted by Gasteiger charge is -2.33. The Bertz CT molecular complexity index is 525. The Morgan fingerprint density at radius 1 is 1.25 bits per heavy atom. The molecule has 1 amide bonds. The Morgan fingerprint density at radius 2 is 2.08 bits per heavy atom. The number of benzene rings is 1. The van der Waals surface area contributed by atoms with Gasteiger partial charge in [-0.15, -0.1) is 0 Å². The second-order valence-corrected chi connectivity index (χ2v) is 7.78. The van der Waals surface area contributed by atoms with Crippen molar-refractivity contribution in [1.29, 1.82) is 0 Å². The minimum absolute atomic E-state index is 0.0366. The van der Waals surface area contributed by atoms with E-state index in [2.05, 4.69) is 35.4 Å². The van der Waals surface area contributed by atoms with Crippen LogP contribution in [0.1, 0.15) is 18.4 Å². The summed E-state index contributed by atoms with van der Waals surface area (Å²) in [5.41, 5.74) is 1.32. The van der Waals surface area contributed by atoms with Gasteiger partial charge < -0.3 is 9.64 Å². The molecule has 3 rings (SSSR count). The number of ether oxygens (including phenoxy) is 1. The number of carbonyl (C=O) groups excluding carboxylic acids is 1. The van der Waals surface area contributed by atoms with E-state index in [0.717, 1.165) is 51.5 Å². The SMILES string of the molecule is CSC[C@H]1CCN(C(=O)C[C@H]2CN(Cc3ccccc3)CCO2)C1. The Balaban J connectivity index is 1.46. The van der Waals surface area contributed by atoms with E-state index in [-0.39, 0.29) is 12.0 Å². The molecule has 2 aliphatic heterocycles. The maximum absolute atomic E-state index is 12.5. The first-order chi connectivity index (χ1) is 11.7. The highest BCUT2D eigenvalue weighted by Gasteiger charge is 2.29. The molecule has 2 atom stereocenters. The number of carbonyl (C=O) groups is 1. The molecule has 24 heavy (non-hydrogen) atoms. The van der Waals surface area contributed by atoms with E-state index in [4.69, 9.17) is 4.74 Å². The fourth-order valence-corrected chi connectivity index (χ4v) is 4.39. The minimum Gasteiger partial charge on any atom is -0.375 e. The summed E-state index contributed by atoms with van der Waals surface area (Å²) in [7, 11) is 0. The number of rotatable bonds is 6. The number of hydrogen-bond donors (Lipinski definition) is 0. The third-order valence-corrected chi connectivity index (χ3v) is 5.72. The summed E-state index contributed by atoms with van der Waals surface area (Å²) in [5, 5.41) is 0. The predicted molar refractivity (Wildman–Crippen MR) is 99.1 cm³/mol. The molecule has 5 heteroatoms. The number of amides is 1. The topological polar surface area (TPSA) is 32.8 Å². The summed E-state index contributed by atoms with van der Waals surface area (Å²) in [6.07, 6.45) is 3.85. The van der Waals surface area contributed by atoms with E-state index in [9.17, 15) is 4.79 Å². The average molecular weight is 349 g/mol. The summed E-state index contributed by atoms with van der Waals surface area (Å²) in [5.74, 6) is 2.10. The number of hydrogen-bond acceptors (Lipinski definition) is 4. The second kappa shape index (κ2) is 8.88. The molecule has 0 unspecified atom stereocenters. The largest absolute Gasteiger partial charge is 0.375 e. The van der Waals surface area contributed by atoms with Crippen LogP contribution in [0, 0.1) is 5.92 Å². The van der Waals surface area contributed by atoms with Gasteiger partial charge >= 0.3 is 0 Å². The van der Waals surface area contributed by atoms with Crippen molar-refractivity contribution in [3.63, 3.8) is 0 Å². The van der Waals surface area contributed by atoms with Crippen LogP contribution in [0.25, 0.3) is 0 Å². The van der Waals surface area contributed by atoms with Gasteiger partial charge in [0.05, 0.1) is 19.1 Å². The van der Waals surface area contributed by atoms with Crippen LogP contribution in [0.15, 0.2) is 30.3 Å². The van der Waals surface area contributed by atoms with Gasteiger partial charge in [0.1, 0.15) is 0 Å². The maximum Gasteiger partial charge on any atom is 0.225 e. The van der Waals surface area contributed by atoms with Crippen molar-refractivity contribution in [2.45, 2.75) is 25.5 Å². The van der Waals surface area contributed by atoms with Crippen molar-refractivity contribution in [2.24, 2.45) is 5.92 Å². The first kappa shape index (κ1) is 17.8. The third kappa shape index (κ3) is 4.98. The van der Waals surface area contributed by atoms with Crippen molar-refractivity contribution >= 4 is 17.7 Å². The van der Waals surface area contributed by atoms with Crippen molar-refractivity contribution < 1.29 is 9.53 Å². The van der Waals surface area contributed by atoms with Crippen LogP contribution in [0.2, 0.25) is 0 Å². The Morgan fingerprint density at radius 3 is 2.88 bits per heavy atom. The van der Waals surface area contributed by atoms with Gasteiger partial charge in [-0.25, -0.2) is 0 Å². The second-order valence-electron chi connectivity index (χ2n) is 6.87. The molecule has 0 aliphatic carbocycles. The van der Waals surface area contributed by atoms with E-state index in [1.54, 1.807) is 0 Å². The summed E-state index contributed by atoms with van der Waals surface area (Å²) in [6.45, 7) is 5.31. The number of thioether (sulfide) groups is 1. The molecule has 4 nitrogen and oxygen atoms in total. The molecule has 0 spiro atoms. The summed E-state index contributed by atoms with van der Waals surface area (Å²) in [6, 6.07) is 10.5. The van der Waals surface area contributed by atoms with E-state index in [0.29, 0.717) is 12.3 Å². The molecule has 1 aromatic carbocycles. The highest BCUT2D eigenvalue weighted by Crippen LogP contribution is 2.21. The molecule has 0 saturated carbocycles. The number of likely N-dealkylation sites (tertiary alicyclic amines) is 1. The molecule has 2 saturated heterocycles. The van der Waals surface area contributed by atoms with Crippen LogP contribution in [-0.4, -0.2) is 66.6 Å². The first-order valence-corrected chi connectivity index (χ1v) is 10.3. The van der Waals surface area contributed by atoms with Crippen LogP contribution in [-0.2, 0) is 16.1 Å². The molecule has 2 fully saturated rings. The van der Waals surface area contributed by atoms with Gasteiger partial charge in [0.15, 0.2) is 0 Å². The molecule has 1 aromatic rings. The maximum atomic E-state index is 12.5.